The number of para-hydroxylation sites is 1. The van der Waals surface area contributed by atoms with Crippen LogP contribution < -0.4 is 15.0 Å². The zero-order valence-corrected chi connectivity index (χ0v) is 16.0. The molecule has 5 heteroatoms. The molecule has 1 aliphatic heterocycles. The molecule has 2 aromatic rings. The molecule has 0 saturated carbocycles. The molecule has 0 bridgehead atoms. The quantitative estimate of drug-likeness (QED) is 0.884. The van der Waals surface area contributed by atoms with Crippen molar-refractivity contribution in [1.82, 2.24) is 4.90 Å². The Morgan fingerprint density at radius 2 is 1.96 bits per heavy atom. The second-order valence-corrected chi connectivity index (χ2v) is 7.53. The van der Waals surface area contributed by atoms with Crippen LogP contribution in [-0.2, 0) is 5.41 Å². The normalized spacial score (nSPS) is 18.7. The second-order valence-electron chi connectivity index (χ2n) is 7.53. The van der Waals surface area contributed by atoms with Crippen LogP contribution in [0.4, 0.5) is 16.2 Å². The number of anilines is 2. The standard InChI is InChI=1S/C21H27N3O2/c1-21(12-13-23(2)3)15-24(4)19-11-10-17(14-18(19)21)26-20(25)22-16-8-6-5-7-9-16/h5-11,14H,12-13,15H2,1-4H3,(H,22,25)/t21-/m1/s1. The minimum Gasteiger partial charge on any atom is -0.410 e. The molecule has 0 aromatic heterocycles. The molecule has 0 saturated heterocycles. The van der Waals surface area contributed by atoms with Crippen molar-refractivity contribution < 1.29 is 9.53 Å². The molecule has 1 N–H and O–H groups in total. The van der Waals surface area contributed by atoms with Gasteiger partial charge in [0.05, 0.1) is 0 Å². The van der Waals surface area contributed by atoms with Gasteiger partial charge in [0.2, 0.25) is 0 Å². The summed E-state index contributed by atoms with van der Waals surface area (Å²) in [5, 5.41) is 2.75. The van der Waals surface area contributed by atoms with E-state index in [0.717, 1.165) is 19.5 Å². The highest BCUT2D eigenvalue weighted by Gasteiger charge is 2.37. The predicted octanol–water partition coefficient (Wildman–Crippen LogP) is 3.96. The first kappa shape index (κ1) is 18.3. The zero-order valence-electron chi connectivity index (χ0n) is 16.0. The molecule has 2 aromatic carbocycles. The van der Waals surface area contributed by atoms with Crippen LogP contribution in [0.3, 0.4) is 0 Å². The Labute approximate surface area is 155 Å². The van der Waals surface area contributed by atoms with Gasteiger partial charge in [0, 0.05) is 30.4 Å². The minimum absolute atomic E-state index is 0.0453. The first-order valence-electron chi connectivity index (χ1n) is 8.92. The van der Waals surface area contributed by atoms with Crippen LogP contribution in [0.1, 0.15) is 18.9 Å². The van der Waals surface area contributed by atoms with E-state index in [0.29, 0.717) is 11.4 Å². The lowest BCUT2D eigenvalue weighted by atomic mass is 9.81. The summed E-state index contributed by atoms with van der Waals surface area (Å²) in [7, 11) is 6.30. The molecule has 5 nitrogen and oxygen atoms in total. The maximum absolute atomic E-state index is 12.2. The number of hydrogen-bond donors (Lipinski definition) is 1. The van der Waals surface area contributed by atoms with Gasteiger partial charge in [-0.25, -0.2) is 4.79 Å². The van der Waals surface area contributed by atoms with Gasteiger partial charge in [-0.3, -0.25) is 5.32 Å². The fourth-order valence-electron chi connectivity index (χ4n) is 3.54. The van der Waals surface area contributed by atoms with Gasteiger partial charge in [0.25, 0.3) is 0 Å². The number of rotatable bonds is 5. The number of nitrogens with zero attached hydrogens (tertiary/aromatic N) is 2. The number of ether oxygens (including phenoxy) is 1. The van der Waals surface area contributed by atoms with Crippen LogP contribution in [0.5, 0.6) is 5.75 Å². The average molecular weight is 353 g/mol. The molecule has 0 fully saturated rings. The van der Waals surface area contributed by atoms with Gasteiger partial charge in [0.1, 0.15) is 5.75 Å². The van der Waals surface area contributed by atoms with Crippen molar-refractivity contribution in [1.29, 1.82) is 0 Å². The molecule has 1 heterocycles. The molecule has 0 spiro atoms. The number of amides is 1. The van der Waals surface area contributed by atoms with E-state index < -0.39 is 6.09 Å². The van der Waals surface area contributed by atoms with Crippen LogP contribution in [-0.4, -0.2) is 45.2 Å². The van der Waals surface area contributed by atoms with Gasteiger partial charge in [-0.15, -0.1) is 0 Å². The number of benzene rings is 2. The zero-order chi connectivity index (χ0) is 18.7. The van der Waals surface area contributed by atoms with Crippen LogP contribution >= 0.6 is 0 Å². The summed E-state index contributed by atoms with van der Waals surface area (Å²) in [6.07, 6.45) is 0.578. The molecule has 0 unspecified atom stereocenters. The Kier molecular flexibility index (Phi) is 5.18. The first-order chi connectivity index (χ1) is 12.4. The largest absolute Gasteiger partial charge is 0.417 e. The Morgan fingerprint density at radius 3 is 2.65 bits per heavy atom. The maximum Gasteiger partial charge on any atom is 0.417 e. The highest BCUT2D eigenvalue weighted by atomic mass is 16.6. The number of nitrogens with one attached hydrogen (secondary N) is 1. The summed E-state index contributed by atoms with van der Waals surface area (Å²) in [4.78, 5) is 16.7. The molecule has 1 amide bonds. The molecule has 1 aliphatic rings. The first-order valence-corrected chi connectivity index (χ1v) is 8.92. The summed E-state index contributed by atoms with van der Waals surface area (Å²) >= 11 is 0. The summed E-state index contributed by atoms with van der Waals surface area (Å²) in [6.45, 7) is 4.27. The van der Waals surface area contributed by atoms with Gasteiger partial charge in [-0.1, -0.05) is 25.1 Å². The molecule has 3 rings (SSSR count). The van der Waals surface area contributed by atoms with Gasteiger partial charge < -0.3 is 14.5 Å². The third-order valence-electron chi connectivity index (χ3n) is 4.96. The highest BCUT2D eigenvalue weighted by Crippen LogP contribution is 2.43. The summed E-state index contributed by atoms with van der Waals surface area (Å²) < 4.78 is 5.52. The second kappa shape index (κ2) is 7.38. The summed E-state index contributed by atoms with van der Waals surface area (Å²) in [6, 6.07) is 15.2. The highest BCUT2D eigenvalue weighted by molar-refractivity contribution is 5.86. The van der Waals surface area contributed by atoms with Crippen molar-refractivity contribution in [3.8, 4) is 5.75 Å². The van der Waals surface area contributed by atoms with E-state index in [4.69, 9.17) is 4.74 Å². The Bertz CT molecular complexity index is 776. The molecule has 1 atom stereocenters. The fourth-order valence-corrected chi connectivity index (χ4v) is 3.54. The van der Waals surface area contributed by atoms with Gasteiger partial charge in [-0.05, 0) is 63.0 Å². The lowest BCUT2D eigenvalue weighted by Crippen LogP contribution is -2.32. The molecular weight excluding hydrogens is 326 g/mol. The summed E-state index contributed by atoms with van der Waals surface area (Å²) in [5.41, 5.74) is 3.21. The number of carbonyl (C=O) groups excluding carboxylic acids is 1. The van der Waals surface area contributed by atoms with Crippen LogP contribution in [0.15, 0.2) is 48.5 Å². The predicted molar refractivity (Wildman–Crippen MR) is 106 cm³/mol. The number of fused-ring (bicyclic) bond motifs is 1. The van der Waals surface area contributed by atoms with Gasteiger partial charge in [0.15, 0.2) is 0 Å². The van der Waals surface area contributed by atoms with E-state index in [1.807, 2.05) is 48.5 Å². The third-order valence-corrected chi connectivity index (χ3v) is 4.96. The van der Waals surface area contributed by atoms with Gasteiger partial charge >= 0.3 is 6.09 Å². The smallest absolute Gasteiger partial charge is 0.410 e. The van der Waals surface area contributed by atoms with E-state index in [2.05, 4.69) is 43.2 Å². The van der Waals surface area contributed by atoms with Crippen molar-refractivity contribution in [3.05, 3.63) is 54.1 Å². The lowest BCUT2D eigenvalue weighted by molar-refractivity contribution is 0.215. The fraction of sp³-hybridized carbons (Fsp3) is 0.381. The molecule has 0 aliphatic carbocycles. The van der Waals surface area contributed by atoms with Crippen molar-refractivity contribution in [2.75, 3.05) is 44.4 Å². The average Bonchev–Trinajstić information content (AvgIpc) is 2.85. The van der Waals surface area contributed by atoms with Crippen LogP contribution in [0.25, 0.3) is 0 Å². The number of likely N-dealkylation sites (N-methyl/N-ethyl adjacent to an activating group) is 1. The van der Waals surface area contributed by atoms with Crippen LogP contribution in [0, 0.1) is 0 Å². The van der Waals surface area contributed by atoms with E-state index >= 15 is 0 Å². The van der Waals surface area contributed by atoms with E-state index in [1.54, 1.807) is 0 Å². The topological polar surface area (TPSA) is 44.8 Å². The van der Waals surface area contributed by atoms with Gasteiger partial charge in [-0.2, -0.15) is 0 Å². The van der Waals surface area contributed by atoms with Crippen molar-refractivity contribution in [3.63, 3.8) is 0 Å². The summed E-state index contributed by atoms with van der Waals surface area (Å²) in [5.74, 6) is 0.573. The monoisotopic (exact) mass is 353 g/mol. The van der Waals surface area contributed by atoms with Crippen molar-refractivity contribution >= 4 is 17.5 Å². The third kappa shape index (κ3) is 3.99. The Balaban J connectivity index is 1.76. The molecule has 0 radical (unpaired) electrons. The Hall–Kier alpha value is -2.53. The lowest BCUT2D eigenvalue weighted by Gasteiger charge is -2.27. The van der Waals surface area contributed by atoms with E-state index in [1.165, 1.54) is 11.3 Å². The molecular formula is C21H27N3O2. The molecule has 138 valence electrons. The Morgan fingerprint density at radius 1 is 1.23 bits per heavy atom. The SMILES string of the molecule is CN(C)CC[C@]1(C)CN(C)c2ccc(OC(=O)Nc3ccccc3)cc21. The minimum atomic E-state index is -0.475. The molecule has 26 heavy (non-hydrogen) atoms. The maximum atomic E-state index is 12.2. The number of hydrogen-bond acceptors (Lipinski definition) is 4. The van der Waals surface area contributed by atoms with Crippen molar-refractivity contribution in [2.45, 2.75) is 18.8 Å². The number of carbonyl (C=O) groups is 1. The van der Waals surface area contributed by atoms with E-state index in [9.17, 15) is 4.79 Å². The van der Waals surface area contributed by atoms with E-state index in [-0.39, 0.29) is 5.41 Å². The van der Waals surface area contributed by atoms with Crippen LogP contribution in [0.2, 0.25) is 0 Å². The van der Waals surface area contributed by atoms with Crippen molar-refractivity contribution in [2.24, 2.45) is 0 Å².